The number of anilines is 2. The van der Waals surface area contributed by atoms with E-state index in [0.29, 0.717) is 56.7 Å². The summed E-state index contributed by atoms with van der Waals surface area (Å²) in [5.74, 6) is -0.0110. The minimum absolute atomic E-state index is 0.0175. The van der Waals surface area contributed by atoms with Crippen molar-refractivity contribution in [3.8, 4) is 6.07 Å². The van der Waals surface area contributed by atoms with Crippen molar-refractivity contribution < 1.29 is 9.13 Å². The number of benzene rings is 1. The monoisotopic (exact) mass is 524 g/mol. The number of ether oxygens (including phenoxy) is 1. The molecule has 4 N–H and O–H groups in total. The SMILES string of the molecule is COC1=C(C(Nc2cc(Cl)c3ncc(C#N)c(NCC(C)(C)C)c3c2)c2ccc(F)nc2C)NNN1C. The van der Waals surface area contributed by atoms with Crippen molar-refractivity contribution in [2.45, 2.75) is 33.7 Å². The van der Waals surface area contributed by atoms with Crippen molar-refractivity contribution in [2.24, 2.45) is 5.41 Å². The number of aromatic nitrogens is 2. The number of nitriles is 1. The van der Waals surface area contributed by atoms with E-state index in [9.17, 15) is 9.65 Å². The lowest BCUT2D eigenvalue weighted by atomic mass is 9.96. The van der Waals surface area contributed by atoms with Crippen LogP contribution in [0.1, 0.15) is 43.6 Å². The number of nitrogens with zero attached hydrogens (tertiary/aromatic N) is 4. The third kappa shape index (κ3) is 5.48. The first kappa shape index (κ1) is 26.3. The molecular weight excluding hydrogens is 495 g/mol. The number of rotatable bonds is 7. The lowest BCUT2D eigenvalue weighted by Gasteiger charge is -2.24. The number of fused-ring (bicyclic) bond motifs is 1. The molecule has 194 valence electrons. The molecule has 11 heteroatoms. The zero-order valence-electron chi connectivity index (χ0n) is 21.6. The van der Waals surface area contributed by atoms with Gasteiger partial charge in [0.15, 0.2) is 0 Å². The number of hydrogen-bond acceptors (Lipinski definition) is 9. The molecule has 0 fully saturated rings. The second-order valence-corrected chi connectivity index (χ2v) is 10.4. The van der Waals surface area contributed by atoms with E-state index in [1.54, 1.807) is 38.2 Å². The normalized spacial score (nSPS) is 14.4. The van der Waals surface area contributed by atoms with E-state index in [1.165, 1.54) is 12.3 Å². The summed E-state index contributed by atoms with van der Waals surface area (Å²) in [5.41, 5.74) is 10.4. The molecule has 0 radical (unpaired) electrons. The summed E-state index contributed by atoms with van der Waals surface area (Å²) in [7, 11) is 3.38. The third-order valence-corrected chi connectivity index (χ3v) is 6.22. The fourth-order valence-corrected chi connectivity index (χ4v) is 4.43. The Hall–Kier alpha value is -3.81. The van der Waals surface area contributed by atoms with Crippen LogP contribution in [0, 0.1) is 29.6 Å². The molecule has 0 saturated carbocycles. The van der Waals surface area contributed by atoms with Gasteiger partial charge in [-0.3, -0.25) is 9.99 Å². The van der Waals surface area contributed by atoms with Crippen molar-refractivity contribution in [1.82, 2.24) is 25.9 Å². The van der Waals surface area contributed by atoms with Gasteiger partial charge in [-0.15, -0.1) is 5.53 Å². The van der Waals surface area contributed by atoms with Gasteiger partial charge in [0.1, 0.15) is 17.8 Å². The molecule has 3 aromatic rings. The van der Waals surface area contributed by atoms with Gasteiger partial charge >= 0.3 is 0 Å². The molecule has 1 atom stereocenters. The van der Waals surface area contributed by atoms with E-state index in [-0.39, 0.29) is 5.41 Å². The maximum atomic E-state index is 13.9. The molecule has 9 nitrogen and oxygen atoms in total. The number of nitrogens with one attached hydrogen (secondary N) is 4. The number of hydrazine groups is 2. The summed E-state index contributed by atoms with van der Waals surface area (Å²) < 4.78 is 19.5. The maximum Gasteiger partial charge on any atom is 0.228 e. The predicted octanol–water partition coefficient (Wildman–Crippen LogP) is 4.98. The van der Waals surface area contributed by atoms with Crippen molar-refractivity contribution in [3.63, 3.8) is 0 Å². The van der Waals surface area contributed by atoms with Gasteiger partial charge in [0.05, 0.1) is 28.9 Å². The molecular formula is C26H30ClFN8O. The summed E-state index contributed by atoms with van der Waals surface area (Å²) >= 11 is 6.69. The Kier molecular flexibility index (Phi) is 7.30. The fourth-order valence-electron chi connectivity index (χ4n) is 4.16. The molecule has 37 heavy (non-hydrogen) atoms. The molecule has 0 aliphatic carbocycles. The number of pyridine rings is 2. The average molecular weight is 525 g/mol. The summed E-state index contributed by atoms with van der Waals surface area (Å²) in [6.45, 7) is 8.72. The van der Waals surface area contributed by atoms with E-state index < -0.39 is 12.0 Å². The molecule has 0 bridgehead atoms. The zero-order chi connectivity index (χ0) is 26.9. The Balaban J connectivity index is 1.86. The highest BCUT2D eigenvalue weighted by Crippen LogP contribution is 2.37. The molecule has 0 amide bonds. The van der Waals surface area contributed by atoms with Crippen LogP contribution in [0.5, 0.6) is 0 Å². The summed E-state index contributed by atoms with van der Waals surface area (Å²) in [6.07, 6.45) is 1.53. The van der Waals surface area contributed by atoms with Crippen LogP contribution < -0.4 is 21.6 Å². The highest BCUT2D eigenvalue weighted by molar-refractivity contribution is 6.35. The summed E-state index contributed by atoms with van der Waals surface area (Å²) in [4.78, 5) is 8.45. The highest BCUT2D eigenvalue weighted by atomic mass is 35.5. The number of aryl methyl sites for hydroxylation is 1. The van der Waals surface area contributed by atoms with Crippen LogP contribution >= 0.6 is 11.6 Å². The first-order chi connectivity index (χ1) is 17.5. The topological polar surface area (TPSA) is 110 Å². The molecule has 4 rings (SSSR count). The smallest absolute Gasteiger partial charge is 0.228 e. The molecule has 1 aromatic carbocycles. The van der Waals surface area contributed by atoms with Gasteiger partial charge in [0.25, 0.3) is 0 Å². The van der Waals surface area contributed by atoms with E-state index in [2.05, 4.69) is 58.4 Å². The third-order valence-electron chi connectivity index (χ3n) is 5.93. The van der Waals surface area contributed by atoms with E-state index in [1.807, 2.05) is 6.07 Å². The minimum Gasteiger partial charge on any atom is -0.480 e. The summed E-state index contributed by atoms with van der Waals surface area (Å²) in [5, 5.41) is 19.5. The van der Waals surface area contributed by atoms with Crippen molar-refractivity contribution in [1.29, 1.82) is 5.26 Å². The first-order valence-corrected chi connectivity index (χ1v) is 12.1. The second kappa shape index (κ2) is 10.3. The quantitative estimate of drug-likeness (QED) is 0.318. The molecule has 1 unspecified atom stereocenters. The largest absolute Gasteiger partial charge is 0.480 e. The van der Waals surface area contributed by atoms with Crippen LogP contribution in [0.15, 0.2) is 42.0 Å². The van der Waals surface area contributed by atoms with Crippen LogP contribution in [0.25, 0.3) is 10.9 Å². The van der Waals surface area contributed by atoms with Gasteiger partial charge in [0, 0.05) is 42.1 Å². The number of halogens is 2. The van der Waals surface area contributed by atoms with Gasteiger partial charge in [-0.1, -0.05) is 38.4 Å². The predicted molar refractivity (Wildman–Crippen MR) is 143 cm³/mol. The maximum absolute atomic E-state index is 13.9. The zero-order valence-corrected chi connectivity index (χ0v) is 22.4. The summed E-state index contributed by atoms with van der Waals surface area (Å²) in [6, 6.07) is 8.40. The highest BCUT2D eigenvalue weighted by Gasteiger charge is 2.30. The van der Waals surface area contributed by atoms with E-state index in [4.69, 9.17) is 16.3 Å². The first-order valence-electron chi connectivity index (χ1n) is 11.7. The average Bonchev–Trinajstić information content (AvgIpc) is 3.20. The van der Waals surface area contributed by atoms with Crippen molar-refractivity contribution >= 4 is 33.9 Å². The second-order valence-electron chi connectivity index (χ2n) is 10.0. The van der Waals surface area contributed by atoms with Gasteiger partial charge < -0.3 is 20.8 Å². The lowest BCUT2D eigenvalue weighted by molar-refractivity contribution is 0.149. The minimum atomic E-state index is -0.561. The number of hydrogen-bond donors (Lipinski definition) is 4. The van der Waals surface area contributed by atoms with Crippen molar-refractivity contribution in [2.75, 3.05) is 31.3 Å². The lowest BCUT2D eigenvalue weighted by Crippen LogP contribution is -2.36. The van der Waals surface area contributed by atoms with Crippen LogP contribution in [-0.2, 0) is 4.74 Å². The van der Waals surface area contributed by atoms with E-state index in [0.717, 1.165) is 5.56 Å². The van der Waals surface area contributed by atoms with Crippen LogP contribution in [0.3, 0.4) is 0 Å². The molecule has 2 aromatic heterocycles. The molecule has 3 heterocycles. The van der Waals surface area contributed by atoms with Gasteiger partial charge in [0.2, 0.25) is 11.8 Å². The molecule has 1 aliphatic rings. The van der Waals surface area contributed by atoms with Crippen molar-refractivity contribution in [3.05, 3.63) is 69.8 Å². The Morgan fingerprint density at radius 2 is 2.05 bits per heavy atom. The van der Waals surface area contributed by atoms with Crippen LogP contribution in [-0.4, -0.2) is 35.7 Å². The Morgan fingerprint density at radius 1 is 1.30 bits per heavy atom. The fraction of sp³-hybridized carbons (Fsp3) is 0.346. The Bertz CT molecular complexity index is 1410. The Morgan fingerprint density at radius 3 is 2.70 bits per heavy atom. The molecule has 0 spiro atoms. The Labute approximate surface area is 220 Å². The standard InChI is InChI=1S/C26H30ClFN8O/c1-14-17(7-8-20(28)32-14)23(24-25(37-6)36(5)35-34-24)33-16-9-18-21(31-13-26(2,3)4)15(11-29)12-30-22(18)19(27)10-16/h7-10,12,23,33-35H,13H2,1-6H3,(H,30,31). The molecule has 0 saturated heterocycles. The van der Waals surface area contributed by atoms with E-state index >= 15 is 0 Å². The van der Waals surface area contributed by atoms with Gasteiger partial charge in [-0.05, 0) is 30.5 Å². The van der Waals surface area contributed by atoms with Gasteiger partial charge in [-0.2, -0.15) is 9.65 Å². The van der Waals surface area contributed by atoms with Crippen LogP contribution in [0.2, 0.25) is 5.02 Å². The van der Waals surface area contributed by atoms with Crippen LogP contribution in [0.4, 0.5) is 15.8 Å². The van der Waals surface area contributed by atoms with Gasteiger partial charge in [-0.25, -0.2) is 4.98 Å². The number of methoxy groups -OCH3 is 1. The molecule has 1 aliphatic heterocycles.